The Labute approximate surface area is 105 Å². The Kier molecular flexibility index (Phi) is 3.86. The first kappa shape index (κ1) is 12.0. The molecule has 0 saturated carbocycles. The van der Waals surface area contributed by atoms with Gasteiger partial charge in [0.25, 0.3) is 0 Å². The molecule has 0 aliphatic heterocycles. The summed E-state index contributed by atoms with van der Waals surface area (Å²) in [6, 6.07) is 7.16. The molecule has 0 aliphatic rings. The van der Waals surface area contributed by atoms with Crippen LogP contribution in [-0.4, -0.2) is 27.6 Å². The SMILES string of the molecule is O=C(O)c1cc(NCCc2cccnc2)ccn1. The largest absolute Gasteiger partial charge is 0.477 e. The number of pyridine rings is 2. The van der Waals surface area contributed by atoms with Gasteiger partial charge in [0, 0.05) is 30.8 Å². The average Bonchev–Trinajstić information content (AvgIpc) is 2.40. The highest BCUT2D eigenvalue weighted by atomic mass is 16.4. The molecule has 5 heteroatoms. The monoisotopic (exact) mass is 243 g/mol. The van der Waals surface area contributed by atoms with Crippen molar-refractivity contribution in [3.63, 3.8) is 0 Å². The quantitative estimate of drug-likeness (QED) is 0.838. The lowest BCUT2D eigenvalue weighted by molar-refractivity contribution is 0.0690. The molecular weight excluding hydrogens is 230 g/mol. The second kappa shape index (κ2) is 5.77. The molecule has 0 atom stereocenters. The number of hydrogen-bond donors (Lipinski definition) is 2. The fourth-order valence-electron chi connectivity index (χ4n) is 1.55. The molecule has 0 saturated heterocycles. The van der Waals surface area contributed by atoms with Crippen molar-refractivity contribution in [3.05, 3.63) is 54.1 Å². The lowest BCUT2D eigenvalue weighted by Gasteiger charge is -2.06. The van der Waals surface area contributed by atoms with Crippen molar-refractivity contribution in [2.45, 2.75) is 6.42 Å². The maximum atomic E-state index is 10.7. The highest BCUT2D eigenvalue weighted by Crippen LogP contribution is 2.08. The van der Waals surface area contributed by atoms with E-state index in [1.165, 1.54) is 12.3 Å². The smallest absolute Gasteiger partial charge is 0.354 e. The number of hydrogen-bond acceptors (Lipinski definition) is 4. The van der Waals surface area contributed by atoms with E-state index in [1.54, 1.807) is 12.3 Å². The van der Waals surface area contributed by atoms with Crippen LogP contribution in [0.5, 0.6) is 0 Å². The maximum absolute atomic E-state index is 10.7. The minimum absolute atomic E-state index is 0.0429. The molecule has 0 aromatic carbocycles. The third-order valence-electron chi connectivity index (χ3n) is 2.44. The van der Waals surface area contributed by atoms with Gasteiger partial charge in [0.1, 0.15) is 5.69 Å². The first-order valence-corrected chi connectivity index (χ1v) is 5.58. The van der Waals surface area contributed by atoms with Crippen LogP contribution < -0.4 is 5.32 Å². The van der Waals surface area contributed by atoms with Gasteiger partial charge in [0.2, 0.25) is 0 Å². The van der Waals surface area contributed by atoms with Crippen LogP contribution in [0.1, 0.15) is 16.1 Å². The molecule has 2 aromatic heterocycles. The minimum atomic E-state index is -1.02. The van der Waals surface area contributed by atoms with Crippen LogP contribution in [-0.2, 0) is 6.42 Å². The van der Waals surface area contributed by atoms with Crippen molar-refractivity contribution in [1.29, 1.82) is 0 Å². The van der Waals surface area contributed by atoms with Crippen molar-refractivity contribution in [3.8, 4) is 0 Å². The highest BCUT2D eigenvalue weighted by Gasteiger charge is 2.04. The van der Waals surface area contributed by atoms with Gasteiger partial charge in [-0.2, -0.15) is 0 Å². The fourth-order valence-corrected chi connectivity index (χ4v) is 1.55. The van der Waals surface area contributed by atoms with E-state index in [1.807, 2.05) is 18.3 Å². The van der Waals surface area contributed by atoms with Gasteiger partial charge in [-0.3, -0.25) is 4.98 Å². The summed E-state index contributed by atoms with van der Waals surface area (Å²) in [6.45, 7) is 0.717. The van der Waals surface area contributed by atoms with Crippen molar-refractivity contribution >= 4 is 11.7 Å². The molecule has 0 bridgehead atoms. The Hall–Kier alpha value is -2.43. The third-order valence-corrected chi connectivity index (χ3v) is 2.44. The predicted octanol–water partition coefficient (Wildman–Crippen LogP) is 1.83. The number of aromatic nitrogens is 2. The van der Waals surface area contributed by atoms with Crippen molar-refractivity contribution in [2.75, 3.05) is 11.9 Å². The Bertz CT molecular complexity index is 529. The number of nitrogens with zero attached hydrogens (tertiary/aromatic N) is 2. The summed E-state index contributed by atoms with van der Waals surface area (Å²) in [6.07, 6.45) is 5.87. The molecule has 2 rings (SSSR count). The zero-order valence-corrected chi connectivity index (χ0v) is 9.71. The number of nitrogens with one attached hydrogen (secondary N) is 1. The van der Waals surface area contributed by atoms with E-state index < -0.39 is 5.97 Å². The van der Waals surface area contributed by atoms with E-state index in [-0.39, 0.29) is 5.69 Å². The van der Waals surface area contributed by atoms with Gasteiger partial charge in [-0.25, -0.2) is 9.78 Å². The summed E-state index contributed by atoms with van der Waals surface area (Å²) in [5, 5.41) is 12.0. The van der Waals surface area contributed by atoms with Crippen molar-refractivity contribution in [2.24, 2.45) is 0 Å². The average molecular weight is 243 g/mol. The number of aromatic carboxylic acids is 1. The van der Waals surface area contributed by atoms with Gasteiger partial charge in [0.05, 0.1) is 0 Å². The first-order chi connectivity index (χ1) is 8.75. The van der Waals surface area contributed by atoms with Crippen LogP contribution in [0, 0.1) is 0 Å². The number of carbonyl (C=O) groups is 1. The van der Waals surface area contributed by atoms with Gasteiger partial charge in [0.15, 0.2) is 0 Å². The topological polar surface area (TPSA) is 75.1 Å². The van der Waals surface area contributed by atoms with E-state index in [0.717, 1.165) is 24.2 Å². The number of carboxylic acids is 1. The predicted molar refractivity (Wildman–Crippen MR) is 67.6 cm³/mol. The van der Waals surface area contributed by atoms with Crippen LogP contribution in [0.3, 0.4) is 0 Å². The summed E-state index contributed by atoms with van der Waals surface area (Å²) in [5.74, 6) is -1.02. The highest BCUT2D eigenvalue weighted by molar-refractivity contribution is 5.86. The van der Waals surface area contributed by atoms with Crippen LogP contribution in [0.25, 0.3) is 0 Å². The van der Waals surface area contributed by atoms with Gasteiger partial charge < -0.3 is 10.4 Å². The molecule has 0 spiro atoms. The summed E-state index contributed by atoms with van der Waals surface area (Å²) in [4.78, 5) is 18.5. The third kappa shape index (κ3) is 3.28. The molecule has 0 aliphatic carbocycles. The Balaban J connectivity index is 1.90. The van der Waals surface area contributed by atoms with Gasteiger partial charge in [-0.05, 0) is 30.2 Å². The molecule has 0 radical (unpaired) electrons. The summed E-state index contributed by atoms with van der Waals surface area (Å²) < 4.78 is 0. The van der Waals surface area contributed by atoms with E-state index in [4.69, 9.17) is 5.11 Å². The Morgan fingerprint density at radius 1 is 1.33 bits per heavy atom. The molecule has 0 unspecified atom stereocenters. The minimum Gasteiger partial charge on any atom is -0.477 e. The van der Waals surface area contributed by atoms with Crippen molar-refractivity contribution < 1.29 is 9.90 Å². The zero-order chi connectivity index (χ0) is 12.8. The van der Waals surface area contributed by atoms with Crippen LogP contribution in [0.15, 0.2) is 42.9 Å². The van der Waals surface area contributed by atoms with Gasteiger partial charge in [-0.15, -0.1) is 0 Å². The van der Waals surface area contributed by atoms with Crippen molar-refractivity contribution in [1.82, 2.24) is 9.97 Å². The molecule has 2 heterocycles. The summed E-state index contributed by atoms with van der Waals surface area (Å²) in [5.41, 5.74) is 1.94. The first-order valence-electron chi connectivity index (χ1n) is 5.58. The van der Waals surface area contributed by atoms with Crippen LogP contribution >= 0.6 is 0 Å². The standard InChI is InChI=1S/C13H13N3O2/c17-13(18)12-8-11(4-7-16-12)15-6-3-10-2-1-5-14-9-10/h1-2,4-5,7-9H,3,6H2,(H,15,16)(H,17,18). The molecule has 0 amide bonds. The molecule has 0 fully saturated rings. The summed E-state index contributed by atoms with van der Waals surface area (Å²) >= 11 is 0. The Morgan fingerprint density at radius 2 is 2.22 bits per heavy atom. The molecule has 92 valence electrons. The van der Waals surface area contributed by atoms with E-state index >= 15 is 0 Å². The Morgan fingerprint density at radius 3 is 2.94 bits per heavy atom. The lowest BCUT2D eigenvalue weighted by Crippen LogP contribution is -2.07. The van der Waals surface area contributed by atoms with E-state index in [2.05, 4.69) is 15.3 Å². The molecular formula is C13H13N3O2. The number of anilines is 1. The normalized spacial score (nSPS) is 10.0. The summed E-state index contributed by atoms with van der Waals surface area (Å²) in [7, 11) is 0. The molecule has 2 aromatic rings. The molecule has 18 heavy (non-hydrogen) atoms. The maximum Gasteiger partial charge on any atom is 0.354 e. The number of rotatable bonds is 5. The second-order valence-corrected chi connectivity index (χ2v) is 3.77. The van der Waals surface area contributed by atoms with E-state index in [9.17, 15) is 4.79 Å². The molecule has 5 nitrogen and oxygen atoms in total. The fraction of sp³-hybridized carbons (Fsp3) is 0.154. The zero-order valence-electron chi connectivity index (χ0n) is 9.71. The van der Waals surface area contributed by atoms with Crippen LogP contribution in [0.4, 0.5) is 5.69 Å². The molecule has 2 N–H and O–H groups in total. The second-order valence-electron chi connectivity index (χ2n) is 3.77. The van der Waals surface area contributed by atoms with E-state index in [0.29, 0.717) is 0 Å². The lowest BCUT2D eigenvalue weighted by atomic mass is 10.2. The van der Waals surface area contributed by atoms with Gasteiger partial charge >= 0.3 is 5.97 Å². The van der Waals surface area contributed by atoms with Gasteiger partial charge in [-0.1, -0.05) is 6.07 Å². The number of carboxylic acid groups (broad SMARTS) is 1. The van der Waals surface area contributed by atoms with Crippen LogP contribution in [0.2, 0.25) is 0 Å².